The topological polar surface area (TPSA) is 130 Å². The first-order valence-electron chi connectivity index (χ1n) is 14.3. The molecule has 4 atom stereocenters. The second kappa shape index (κ2) is 12.0. The fourth-order valence-corrected chi connectivity index (χ4v) is 5.09. The van der Waals surface area contributed by atoms with Gasteiger partial charge in [-0.15, -0.1) is 0 Å². The van der Waals surface area contributed by atoms with Crippen molar-refractivity contribution in [2.75, 3.05) is 6.54 Å². The molecule has 3 heterocycles. The number of hydrazine groups is 1. The molecular formula is C31H41N5O5. The maximum Gasteiger partial charge on any atom is 0.325 e. The van der Waals surface area contributed by atoms with Gasteiger partial charge in [-0.1, -0.05) is 38.1 Å². The Morgan fingerprint density at radius 2 is 1.80 bits per heavy atom. The monoisotopic (exact) mass is 563 g/mol. The van der Waals surface area contributed by atoms with E-state index in [0.717, 1.165) is 22.0 Å². The summed E-state index contributed by atoms with van der Waals surface area (Å²) in [6.45, 7) is 12.9. The highest BCUT2D eigenvalue weighted by Gasteiger charge is 2.35. The molecule has 1 saturated heterocycles. The number of aromatic nitrogens is 1. The third kappa shape index (κ3) is 6.75. The number of fused-ring (bicyclic) bond motifs is 4. The van der Waals surface area contributed by atoms with Gasteiger partial charge >= 0.3 is 5.97 Å². The van der Waals surface area contributed by atoms with Gasteiger partial charge in [0.1, 0.15) is 24.2 Å². The Hall–Kier alpha value is -3.79. The smallest absolute Gasteiger partial charge is 0.325 e. The SMILES string of the molecule is Cc1cc2ccc3cc2nc1[C@@H](C)OC(=O)[C@@H]1CCCN(N1)C(=O)[C@H](C)NC(=O)[C@H](C(C)C)NC(=O)C(C)(C)/C=C/3. The van der Waals surface area contributed by atoms with Crippen LogP contribution in [0.1, 0.15) is 77.3 Å². The highest BCUT2D eigenvalue weighted by molar-refractivity contribution is 5.94. The zero-order valence-electron chi connectivity index (χ0n) is 24.9. The van der Waals surface area contributed by atoms with E-state index in [-0.39, 0.29) is 17.7 Å². The molecule has 2 aliphatic heterocycles. The third-order valence-electron chi connectivity index (χ3n) is 7.73. The lowest BCUT2D eigenvalue weighted by Gasteiger charge is -2.35. The summed E-state index contributed by atoms with van der Waals surface area (Å²) in [5.74, 6) is -1.84. The number of nitrogens with one attached hydrogen (secondary N) is 3. The summed E-state index contributed by atoms with van der Waals surface area (Å²) >= 11 is 0. The number of hydrogen-bond acceptors (Lipinski definition) is 7. The van der Waals surface area contributed by atoms with Gasteiger partial charge < -0.3 is 15.4 Å². The van der Waals surface area contributed by atoms with Crippen molar-refractivity contribution >= 4 is 40.7 Å². The Labute approximate surface area is 241 Å². The van der Waals surface area contributed by atoms with Crippen LogP contribution in [0.15, 0.2) is 30.3 Å². The predicted octanol–water partition coefficient (Wildman–Crippen LogP) is 3.34. The number of carbonyl (C=O) groups excluding carboxylic acids is 4. The maximum absolute atomic E-state index is 13.3. The molecule has 1 aromatic carbocycles. The molecule has 0 unspecified atom stereocenters. The first-order valence-corrected chi connectivity index (χ1v) is 14.3. The molecule has 0 radical (unpaired) electrons. The number of benzene rings is 1. The lowest BCUT2D eigenvalue weighted by atomic mass is 9.89. The van der Waals surface area contributed by atoms with Crippen molar-refractivity contribution < 1.29 is 23.9 Å². The van der Waals surface area contributed by atoms with Gasteiger partial charge in [0.2, 0.25) is 11.8 Å². The average Bonchev–Trinajstić information content (AvgIpc) is 2.93. The largest absolute Gasteiger partial charge is 0.455 e. The first kappa shape index (κ1) is 30.2. The number of rotatable bonds is 1. The van der Waals surface area contributed by atoms with Crippen molar-refractivity contribution in [3.8, 4) is 0 Å². The van der Waals surface area contributed by atoms with Crippen LogP contribution >= 0.6 is 0 Å². The van der Waals surface area contributed by atoms with Crippen molar-refractivity contribution in [1.29, 1.82) is 0 Å². The van der Waals surface area contributed by atoms with E-state index >= 15 is 0 Å². The van der Waals surface area contributed by atoms with Crippen LogP contribution in [-0.4, -0.2) is 58.4 Å². The van der Waals surface area contributed by atoms with Gasteiger partial charge in [0.25, 0.3) is 5.91 Å². The number of carbonyl (C=O) groups is 4. The average molecular weight is 564 g/mol. The van der Waals surface area contributed by atoms with E-state index < -0.39 is 41.5 Å². The second-order valence-electron chi connectivity index (χ2n) is 12.0. The summed E-state index contributed by atoms with van der Waals surface area (Å²) < 4.78 is 5.83. The number of pyridine rings is 1. The van der Waals surface area contributed by atoms with Gasteiger partial charge in [-0.25, -0.2) is 10.4 Å². The molecule has 220 valence electrons. The van der Waals surface area contributed by atoms with Crippen LogP contribution in [0.3, 0.4) is 0 Å². The van der Waals surface area contributed by atoms with E-state index in [4.69, 9.17) is 9.72 Å². The van der Waals surface area contributed by atoms with Gasteiger partial charge in [-0.3, -0.25) is 24.2 Å². The summed E-state index contributed by atoms with van der Waals surface area (Å²) in [7, 11) is 0. The fourth-order valence-electron chi connectivity index (χ4n) is 5.09. The Morgan fingerprint density at radius 3 is 2.51 bits per heavy atom. The Kier molecular flexibility index (Phi) is 8.82. The van der Waals surface area contributed by atoms with Crippen molar-refractivity contribution in [1.82, 2.24) is 26.1 Å². The van der Waals surface area contributed by atoms with Crippen LogP contribution in [0.25, 0.3) is 17.0 Å². The summed E-state index contributed by atoms with van der Waals surface area (Å²) in [5.41, 5.74) is 5.20. The minimum absolute atomic E-state index is 0.221. The molecule has 1 aromatic heterocycles. The van der Waals surface area contributed by atoms with Crippen LogP contribution in [0.2, 0.25) is 0 Å². The molecule has 10 heteroatoms. The van der Waals surface area contributed by atoms with E-state index in [1.165, 1.54) is 5.01 Å². The van der Waals surface area contributed by atoms with Gasteiger partial charge in [-0.2, -0.15) is 0 Å². The normalized spacial score (nSPS) is 26.9. The molecule has 41 heavy (non-hydrogen) atoms. The van der Waals surface area contributed by atoms with Gasteiger partial charge in [0, 0.05) is 11.9 Å². The van der Waals surface area contributed by atoms with E-state index in [9.17, 15) is 19.2 Å². The molecule has 5 bridgehead atoms. The Morgan fingerprint density at radius 1 is 1.07 bits per heavy atom. The number of esters is 1. The van der Waals surface area contributed by atoms with Crippen LogP contribution in [0.4, 0.5) is 0 Å². The maximum atomic E-state index is 13.3. The number of ether oxygens (including phenoxy) is 1. The predicted molar refractivity (Wildman–Crippen MR) is 156 cm³/mol. The van der Waals surface area contributed by atoms with Crippen LogP contribution in [0, 0.1) is 18.3 Å². The molecule has 0 aliphatic carbocycles. The van der Waals surface area contributed by atoms with Gasteiger partial charge in [0.15, 0.2) is 0 Å². The van der Waals surface area contributed by atoms with Crippen LogP contribution in [-0.2, 0) is 23.9 Å². The summed E-state index contributed by atoms with van der Waals surface area (Å²) in [6.07, 6.45) is 4.15. The third-order valence-corrected chi connectivity index (χ3v) is 7.73. The molecule has 2 aliphatic rings. The summed E-state index contributed by atoms with van der Waals surface area (Å²) in [6, 6.07) is 5.43. The number of aryl methyl sites for hydroxylation is 1. The number of cyclic esters (lactones) is 1. The van der Waals surface area contributed by atoms with Crippen molar-refractivity contribution in [2.24, 2.45) is 11.3 Å². The summed E-state index contributed by atoms with van der Waals surface area (Å²) in [4.78, 5) is 57.8. The molecule has 10 nitrogen and oxygen atoms in total. The zero-order chi connectivity index (χ0) is 30.1. The quantitative estimate of drug-likeness (QED) is 0.454. The van der Waals surface area contributed by atoms with Crippen molar-refractivity contribution in [2.45, 2.75) is 85.5 Å². The molecule has 3 N–H and O–H groups in total. The molecule has 0 spiro atoms. The van der Waals surface area contributed by atoms with Crippen LogP contribution < -0.4 is 16.1 Å². The molecule has 0 saturated carbocycles. The van der Waals surface area contributed by atoms with Crippen LogP contribution in [0.5, 0.6) is 0 Å². The van der Waals surface area contributed by atoms with E-state index in [0.29, 0.717) is 25.1 Å². The Balaban J connectivity index is 1.73. The van der Waals surface area contributed by atoms with Gasteiger partial charge in [-0.05, 0) is 76.6 Å². The zero-order valence-corrected chi connectivity index (χ0v) is 24.9. The van der Waals surface area contributed by atoms with E-state index in [1.807, 2.05) is 51.1 Å². The summed E-state index contributed by atoms with van der Waals surface area (Å²) in [5, 5.41) is 7.94. The van der Waals surface area contributed by atoms with Gasteiger partial charge in [0.05, 0.1) is 16.6 Å². The molecule has 3 amide bonds. The number of nitrogens with zero attached hydrogens (tertiary/aromatic N) is 2. The highest BCUT2D eigenvalue weighted by Crippen LogP contribution is 2.27. The van der Waals surface area contributed by atoms with E-state index in [1.54, 1.807) is 33.8 Å². The lowest BCUT2D eigenvalue weighted by Crippen LogP contribution is -2.61. The standard InChI is InChI=1S/C31H41N5O5/c1-17(2)25-27(37)32-19(4)28(38)36-14-8-9-23(35-36)29(39)41-20(5)26-18(3)15-22-11-10-21(16-24(22)33-26)12-13-31(6,7)30(40)34-25/h10-13,15-17,19-20,23,25,35H,8-9,14H2,1-7H3,(H,32,37)(H,34,40)/b13-12+/t19-,20+,23-,25-/m0/s1. The van der Waals surface area contributed by atoms with Crippen molar-refractivity contribution in [3.63, 3.8) is 0 Å². The second-order valence-corrected chi connectivity index (χ2v) is 12.0. The Bertz CT molecular complexity index is 1380. The van der Waals surface area contributed by atoms with E-state index in [2.05, 4.69) is 16.1 Å². The number of hydrogen-bond donors (Lipinski definition) is 3. The molecule has 4 rings (SSSR count). The highest BCUT2D eigenvalue weighted by atomic mass is 16.5. The minimum atomic E-state index is -0.927. The molecular weight excluding hydrogens is 522 g/mol. The lowest BCUT2D eigenvalue weighted by molar-refractivity contribution is -0.157. The number of amides is 3. The molecule has 2 aromatic rings. The van der Waals surface area contributed by atoms with Crippen molar-refractivity contribution in [3.05, 3.63) is 47.2 Å². The first-order chi connectivity index (χ1) is 19.3. The molecule has 1 fully saturated rings. The minimum Gasteiger partial charge on any atom is -0.455 e. The fraction of sp³-hybridized carbons (Fsp3) is 0.516.